The van der Waals surface area contributed by atoms with Gasteiger partial charge in [0.05, 0.1) is 6.54 Å². The number of aryl methyl sites for hydroxylation is 1. The maximum Gasteiger partial charge on any atom is 0.227 e. The Morgan fingerprint density at radius 1 is 1.19 bits per heavy atom. The molecule has 7 heteroatoms. The van der Waals surface area contributed by atoms with Gasteiger partial charge in [0.2, 0.25) is 5.91 Å². The standard InChI is InChI=1S/C20H26FN5O/c1-3-22-20(23-12-10-16-6-4-5-7-17(16)21)24-13-11-19(27)26-18-9-8-15(2)14-25-18/h4-9,14H,3,10-13H2,1-2H3,(H2,22,23,24)(H,25,26,27). The molecule has 1 aromatic carbocycles. The third kappa shape index (κ3) is 7.43. The molecule has 1 heterocycles. The quantitative estimate of drug-likeness (QED) is 0.492. The van der Waals surface area contributed by atoms with E-state index in [2.05, 4.69) is 25.9 Å². The summed E-state index contributed by atoms with van der Waals surface area (Å²) >= 11 is 0. The molecule has 1 amide bonds. The van der Waals surface area contributed by atoms with E-state index >= 15 is 0 Å². The number of aliphatic imine (C=N–C) groups is 1. The summed E-state index contributed by atoms with van der Waals surface area (Å²) in [5, 5.41) is 9.01. The lowest BCUT2D eigenvalue weighted by molar-refractivity contribution is -0.116. The van der Waals surface area contributed by atoms with Gasteiger partial charge in [0.25, 0.3) is 0 Å². The number of aromatic nitrogens is 1. The lowest BCUT2D eigenvalue weighted by atomic mass is 10.1. The van der Waals surface area contributed by atoms with Gasteiger partial charge in [0.1, 0.15) is 11.6 Å². The monoisotopic (exact) mass is 371 g/mol. The molecule has 0 fully saturated rings. The largest absolute Gasteiger partial charge is 0.357 e. The topological polar surface area (TPSA) is 78.4 Å². The van der Waals surface area contributed by atoms with Crippen LogP contribution < -0.4 is 16.0 Å². The summed E-state index contributed by atoms with van der Waals surface area (Å²) in [4.78, 5) is 20.5. The van der Waals surface area contributed by atoms with Gasteiger partial charge in [-0.3, -0.25) is 9.79 Å². The van der Waals surface area contributed by atoms with Crippen LogP contribution in [0.1, 0.15) is 24.5 Å². The first-order chi connectivity index (χ1) is 13.1. The average molecular weight is 371 g/mol. The summed E-state index contributed by atoms with van der Waals surface area (Å²) in [5.41, 5.74) is 1.69. The van der Waals surface area contributed by atoms with E-state index in [1.165, 1.54) is 6.07 Å². The second kappa shape index (κ2) is 10.9. The zero-order chi connectivity index (χ0) is 19.5. The van der Waals surface area contributed by atoms with Crippen molar-refractivity contribution in [3.63, 3.8) is 0 Å². The molecule has 0 spiro atoms. The Labute approximate surface area is 159 Å². The Bertz CT molecular complexity index is 761. The molecule has 0 aliphatic heterocycles. The average Bonchev–Trinajstić information content (AvgIpc) is 2.65. The van der Waals surface area contributed by atoms with Crippen LogP contribution in [0.3, 0.4) is 0 Å². The van der Waals surface area contributed by atoms with Crippen LogP contribution in [-0.4, -0.2) is 36.5 Å². The summed E-state index contributed by atoms with van der Waals surface area (Å²) in [6.45, 7) is 5.49. The molecule has 1 aromatic heterocycles. The number of benzene rings is 1. The molecule has 0 saturated heterocycles. The molecule has 2 aromatic rings. The smallest absolute Gasteiger partial charge is 0.227 e. The zero-order valence-corrected chi connectivity index (χ0v) is 15.8. The first-order valence-electron chi connectivity index (χ1n) is 9.06. The molecule has 0 radical (unpaired) electrons. The number of nitrogens with one attached hydrogen (secondary N) is 3. The van der Waals surface area contributed by atoms with Gasteiger partial charge in [-0.05, 0) is 43.5 Å². The van der Waals surface area contributed by atoms with Crippen LogP contribution in [0.25, 0.3) is 0 Å². The highest BCUT2D eigenvalue weighted by Gasteiger charge is 2.04. The van der Waals surface area contributed by atoms with Gasteiger partial charge in [-0.25, -0.2) is 9.37 Å². The number of hydrogen-bond donors (Lipinski definition) is 3. The molecule has 2 rings (SSSR count). The second-order valence-corrected chi connectivity index (χ2v) is 6.05. The van der Waals surface area contributed by atoms with Gasteiger partial charge in [-0.2, -0.15) is 0 Å². The van der Waals surface area contributed by atoms with E-state index in [9.17, 15) is 9.18 Å². The van der Waals surface area contributed by atoms with Crippen LogP contribution in [0, 0.1) is 12.7 Å². The van der Waals surface area contributed by atoms with E-state index in [0.29, 0.717) is 43.4 Å². The number of carbonyl (C=O) groups excluding carboxylic acids is 1. The van der Waals surface area contributed by atoms with Crippen molar-refractivity contribution in [3.05, 3.63) is 59.5 Å². The third-order valence-electron chi connectivity index (χ3n) is 3.78. The molecule has 0 atom stereocenters. The minimum absolute atomic E-state index is 0.141. The van der Waals surface area contributed by atoms with Crippen LogP contribution >= 0.6 is 0 Å². The third-order valence-corrected chi connectivity index (χ3v) is 3.78. The Kier molecular flexibility index (Phi) is 8.22. The van der Waals surface area contributed by atoms with E-state index in [1.54, 1.807) is 24.4 Å². The number of carbonyl (C=O) groups is 1. The van der Waals surface area contributed by atoms with Crippen molar-refractivity contribution < 1.29 is 9.18 Å². The van der Waals surface area contributed by atoms with Crippen molar-refractivity contribution in [2.75, 3.05) is 25.0 Å². The molecule has 144 valence electrons. The van der Waals surface area contributed by atoms with Crippen molar-refractivity contribution in [3.8, 4) is 0 Å². The molecule has 27 heavy (non-hydrogen) atoms. The molecular weight excluding hydrogens is 345 g/mol. The Balaban J connectivity index is 1.77. The molecule has 3 N–H and O–H groups in total. The summed E-state index contributed by atoms with van der Waals surface area (Å²) in [6, 6.07) is 10.4. The molecule has 0 bridgehead atoms. The highest BCUT2D eigenvalue weighted by Crippen LogP contribution is 2.06. The molecule has 6 nitrogen and oxygen atoms in total. The second-order valence-electron chi connectivity index (χ2n) is 6.05. The minimum Gasteiger partial charge on any atom is -0.357 e. The molecule has 0 unspecified atom stereocenters. The van der Waals surface area contributed by atoms with E-state index in [-0.39, 0.29) is 18.1 Å². The van der Waals surface area contributed by atoms with Gasteiger partial charge in [-0.1, -0.05) is 24.3 Å². The van der Waals surface area contributed by atoms with Crippen molar-refractivity contribution >= 4 is 17.7 Å². The number of halogens is 1. The van der Waals surface area contributed by atoms with Crippen LogP contribution in [0.5, 0.6) is 0 Å². The molecule has 0 aliphatic rings. The van der Waals surface area contributed by atoms with E-state index in [1.807, 2.05) is 26.0 Å². The fourth-order valence-corrected chi connectivity index (χ4v) is 2.37. The first kappa shape index (κ1) is 20.4. The maximum absolute atomic E-state index is 13.6. The number of pyridine rings is 1. The number of rotatable bonds is 8. The number of hydrogen-bond acceptors (Lipinski definition) is 3. The van der Waals surface area contributed by atoms with Crippen LogP contribution in [0.2, 0.25) is 0 Å². The molecule has 0 aliphatic carbocycles. The van der Waals surface area contributed by atoms with Gasteiger partial charge in [-0.15, -0.1) is 0 Å². The molecular formula is C20H26FN5O. The summed E-state index contributed by atoms with van der Waals surface area (Å²) in [6.07, 6.45) is 2.51. The SMILES string of the molecule is CCNC(=NCCC(=O)Nc1ccc(C)cn1)NCCc1ccccc1F. The minimum atomic E-state index is -0.206. The van der Waals surface area contributed by atoms with E-state index < -0.39 is 0 Å². The summed E-state index contributed by atoms with van der Waals surface area (Å²) in [5.74, 6) is 0.791. The van der Waals surface area contributed by atoms with Gasteiger partial charge < -0.3 is 16.0 Å². The Morgan fingerprint density at radius 3 is 2.70 bits per heavy atom. The van der Waals surface area contributed by atoms with Gasteiger partial charge in [0.15, 0.2) is 5.96 Å². The van der Waals surface area contributed by atoms with Crippen LogP contribution in [0.15, 0.2) is 47.6 Å². The highest BCUT2D eigenvalue weighted by atomic mass is 19.1. The number of anilines is 1. The summed E-state index contributed by atoms with van der Waals surface area (Å²) in [7, 11) is 0. The molecule has 0 saturated carbocycles. The Morgan fingerprint density at radius 2 is 2.00 bits per heavy atom. The summed E-state index contributed by atoms with van der Waals surface area (Å²) < 4.78 is 13.6. The number of amides is 1. The van der Waals surface area contributed by atoms with Crippen molar-refractivity contribution in [2.24, 2.45) is 4.99 Å². The van der Waals surface area contributed by atoms with Crippen molar-refractivity contribution in [1.82, 2.24) is 15.6 Å². The Hall–Kier alpha value is -2.96. The zero-order valence-electron chi connectivity index (χ0n) is 15.8. The fraction of sp³-hybridized carbons (Fsp3) is 0.350. The van der Waals surface area contributed by atoms with Crippen molar-refractivity contribution in [1.29, 1.82) is 0 Å². The lowest BCUT2D eigenvalue weighted by Gasteiger charge is -2.11. The predicted molar refractivity (Wildman–Crippen MR) is 106 cm³/mol. The highest BCUT2D eigenvalue weighted by molar-refractivity contribution is 5.90. The van der Waals surface area contributed by atoms with Crippen LogP contribution in [-0.2, 0) is 11.2 Å². The van der Waals surface area contributed by atoms with Gasteiger partial charge >= 0.3 is 0 Å². The number of nitrogens with zero attached hydrogens (tertiary/aromatic N) is 2. The normalized spacial score (nSPS) is 11.1. The van der Waals surface area contributed by atoms with E-state index in [4.69, 9.17) is 0 Å². The predicted octanol–water partition coefficient (Wildman–Crippen LogP) is 2.66. The maximum atomic E-state index is 13.6. The lowest BCUT2D eigenvalue weighted by Crippen LogP contribution is -2.38. The van der Waals surface area contributed by atoms with Crippen LogP contribution in [0.4, 0.5) is 10.2 Å². The fourth-order valence-electron chi connectivity index (χ4n) is 2.37. The van der Waals surface area contributed by atoms with E-state index in [0.717, 1.165) is 5.56 Å². The van der Waals surface area contributed by atoms with Gasteiger partial charge in [0, 0.05) is 25.7 Å². The van der Waals surface area contributed by atoms with Crippen molar-refractivity contribution in [2.45, 2.75) is 26.7 Å². The first-order valence-corrected chi connectivity index (χ1v) is 9.06. The number of guanidine groups is 1.